The van der Waals surface area contributed by atoms with Crippen LogP contribution in [0.3, 0.4) is 0 Å². The first-order chi connectivity index (χ1) is 9.74. The van der Waals surface area contributed by atoms with Gasteiger partial charge in [-0.3, -0.25) is 0 Å². The topological polar surface area (TPSA) is 62.0 Å². The van der Waals surface area contributed by atoms with Crippen LogP contribution in [0.15, 0.2) is 18.2 Å². The summed E-state index contributed by atoms with van der Waals surface area (Å²) in [7, 11) is 0. The molecular weight excluding hydrogens is 254 g/mol. The number of ether oxygens (including phenoxy) is 1. The second-order valence-corrected chi connectivity index (χ2v) is 5.07. The number of aliphatic hydroxyl groups is 1. The standard InChI is InChI=1S/C15H25N3O2/c1-2-17(8-10-19)6-3-7-18-9-11-20-15-12-13(16)4-5-14(15)18/h4-5,12,19H,2-3,6-11,16H2,1H3. The van der Waals surface area contributed by atoms with E-state index in [1.807, 2.05) is 18.2 Å². The second-order valence-electron chi connectivity index (χ2n) is 5.07. The Morgan fingerprint density at radius 1 is 1.40 bits per heavy atom. The number of fused-ring (bicyclic) bond motifs is 1. The average molecular weight is 279 g/mol. The third kappa shape index (κ3) is 3.77. The molecule has 0 spiro atoms. The predicted octanol–water partition coefficient (Wildman–Crippen LogP) is 1.17. The van der Waals surface area contributed by atoms with Crippen LogP contribution in [0.5, 0.6) is 5.75 Å². The second kappa shape index (κ2) is 7.36. The van der Waals surface area contributed by atoms with E-state index in [4.69, 9.17) is 15.6 Å². The number of aliphatic hydroxyl groups excluding tert-OH is 1. The van der Waals surface area contributed by atoms with Crippen LogP contribution >= 0.6 is 0 Å². The van der Waals surface area contributed by atoms with Crippen LogP contribution in [0.1, 0.15) is 13.3 Å². The first kappa shape index (κ1) is 14.9. The van der Waals surface area contributed by atoms with Crippen LogP contribution in [-0.2, 0) is 0 Å². The molecule has 5 nitrogen and oxygen atoms in total. The Bertz CT molecular complexity index is 426. The van der Waals surface area contributed by atoms with Gasteiger partial charge in [0.25, 0.3) is 0 Å². The van der Waals surface area contributed by atoms with Gasteiger partial charge in [-0.15, -0.1) is 0 Å². The first-order valence-electron chi connectivity index (χ1n) is 7.35. The lowest BCUT2D eigenvalue weighted by Crippen LogP contribution is -2.36. The van der Waals surface area contributed by atoms with E-state index >= 15 is 0 Å². The largest absolute Gasteiger partial charge is 0.489 e. The van der Waals surface area contributed by atoms with Gasteiger partial charge in [-0.1, -0.05) is 6.92 Å². The molecule has 0 amide bonds. The molecule has 0 aromatic heterocycles. The predicted molar refractivity (Wildman–Crippen MR) is 82.4 cm³/mol. The Balaban J connectivity index is 1.88. The maximum Gasteiger partial charge on any atom is 0.144 e. The summed E-state index contributed by atoms with van der Waals surface area (Å²) < 4.78 is 5.66. The van der Waals surface area contributed by atoms with E-state index in [1.165, 1.54) is 0 Å². The van der Waals surface area contributed by atoms with Crippen LogP contribution in [-0.4, -0.2) is 55.9 Å². The zero-order chi connectivity index (χ0) is 14.4. The van der Waals surface area contributed by atoms with Gasteiger partial charge in [-0.25, -0.2) is 0 Å². The number of nitrogens with two attached hydrogens (primary N) is 1. The fraction of sp³-hybridized carbons (Fsp3) is 0.600. The summed E-state index contributed by atoms with van der Waals surface area (Å²) in [5.41, 5.74) is 7.67. The van der Waals surface area contributed by atoms with Crippen molar-refractivity contribution in [3.8, 4) is 5.75 Å². The van der Waals surface area contributed by atoms with E-state index in [9.17, 15) is 0 Å². The van der Waals surface area contributed by atoms with Gasteiger partial charge in [-0.2, -0.15) is 0 Å². The highest BCUT2D eigenvalue weighted by atomic mass is 16.5. The maximum absolute atomic E-state index is 8.99. The van der Waals surface area contributed by atoms with Gasteiger partial charge in [0.15, 0.2) is 0 Å². The Morgan fingerprint density at radius 2 is 2.25 bits per heavy atom. The molecule has 1 aromatic rings. The zero-order valence-corrected chi connectivity index (χ0v) is 12.2. The summed E-state index contributed by atoms with van der Waals surface area (Å²) in [6.07, 6.45) is 1.08. The van der Waals surface area contributed by atoms with Crippen molar-refractivity contribution in [3.05, 3.63) is 18.2 Å². The molecule has 0 unspecified atom stereocenters. The highest BCUT2D eigenvalue weighted by Crippen LogP contribution is 2.33. The maximum atomic E-state index is 8.99. The summed E-state index contributed by atoms with van der Waals surface area (Å²) in [6.45, 7) is 7.74. The quantitative estimate of drug-likeness (QED) is 0.734. The fourth-order valence-electron chi connectivity index (χ4n) is 2.58. The van der Waals surface area contributed by atoms with Crippen molar-refractivity contribution >= 4 is 11.4 Å². The van der Waals surface area contributed by atoms with Crippen LogP contribution in [0.4, 0.5) is 11.4 Å². The lowest BCUT2D eigenvalue weighted by atomic mass is 10.2. The molecule has 3 N–H and O–H groups in total. The van der Waals surface area contributed by atoms with Crippen LogP contribution < -0.4 is 15.4 Å². The molecular formula is C15H25N3O2. The molecule has 112 valence electrons. The van der Waals surface area contributed by atoms with Crippen molar-refractivity contribution in [3.63, 3.8) is 0 Å². The number of rotatable bonds is 7. The average Bonchev–Trinajstić information content (AvgIpc) is 2.46. The minimum atomic E-state index is 0.230. The van der Waals surface area contributed by atoms with Gasteiger partial charge >= 0.3 is 0 Å². The molecule has 2 rings (SSSR count). The van der Waals surface area contributed by atoms with Crippen molar-refractivity contribution in [1.82, 2.24) is 4.90 Å². The van der Waals surface area contributed by atoms with Gasteiger partial charge < -0.3 is 25.4 Å². The summed E-state index contributed by atoms with van der Waals surface area (Å²) in [6, 6.07) is 5.85. The number of hydrogen-bond acceptors (Lipinski definition) is 5. The molecule has 5 heteroatoms. The molecule has 0 saturated heterocycles. The zero-order valence-electron chi connectivity index (χ0n) is 12.2. The van der Waals surface area contributed by atoms with Crippen LogP contribution in [0.25, 0.3) is 0 Å². The molecule has 1 aromatic carbocycles. The summed E-state index contributed by atoms with van der Waals surface area (Å²) >= 11 is 0. The molecule has 0 atom stereocenters. The number of likely N-dealkylation sites (N-methyl/N-ethyl adjacent to an activating group) is 1. The smallest absolute Gasteiger partial charge is 0.144 e. The highest BCUT2D eigenvalue weighted by Gasteiger charge is 2.17. The molecule has 0 bridgehead atoms. The lowest BCUT2D eigenvalue weighted by molar-refractivity contribution is 0.200. The number of benzene rings is 1. The van der Waals surface area contributed by atoms with Gasteiger partial charge in [0, 0.05) is 24.8 Å². The SMILES string of the molecule is CCN(CCO)CCCN1CCOc2cc(N)ccc21. The first-order valence-corrected chi connectivity index (χ1v) is 7.35. The van der Waals surface area contributed by atoms with Gasteiger partial charge in [-0.05, 0) is 31.6 Å². The van der Waals surface area contributed by atoms with Crippen molar-refractivity contribution < 1.29 is 9.84 Å². The Labute approximate surface area is 120 Å². The van der Waals surface area contributed by atoms with E-state index in [-0.39, 0.29) is 6.61 Å². The summed E-state index contributed by atoms with van der Waals surface area (Å²) in [4.78, 5) is 4.62. The van der Waals surface area contributed by atoms with E-state index in [0.717, 1.165) is 56.3 Å². The Hall–Kier alpha value is -1.46. The number of hydrogen-bond donors (Lipinski definition) is 2. The molecule has 1 aliphatic rings. The van der Waals surface area contributed by atoms with Gasteiger partial charge in [0.2, 0.25) is 0 Å². The number of nitrogen functional groups attached to an aromatic ring is 1. The van der Waals surface area contributed by atoms with Crippen molar-refractivity contribution in [2.24, 2.45) is 0 Å². The van der Waals surface area contributed by atoms with Crippen molar-refractivity contribution in [2.75, 3.05) is 56.6 Å². The minimum Gasteiger partial charge on any atom is -0.489 e. The van der Waals surface area contributed by atoms with Gasteiger partial charge in [0.05, 0.1) is 18.8 Å². The van der Waals surface area contributed by atoms with E-state index in [0.29, 0.717) is 6.61 Å². The molecule has 0 radical (unpaired) electrons. The monoisotopic (exact) mass is 279 g/mol. The third-order valence-electron chi connectivity index (χ3n) is 3.71. The molecule has 0 fully saturated rings. The van der Waals surface area contributed by atoms with Crippen molar-refractivity contribution in [2.45, 2.75) is 13.3 Å². The molecule has 1 heterocycles. The number of anilines is 2. The van der Waals surface area contributed by atoms with Gasteiger partial charge in [0.1, 0.15) is 12.4 Å². The molecule has 0 saturated carbocycles. The normalized spacial score (nSPS) is 14.2. The van der Waals surface area contributed by atoms with Crippen LogP contribution in [0, 0.1) is 0 Å². The molecule has 20 heavy (non-hydrogen) atoms. The van der Waals surface area contributed by atoms with E-state index < -0.39 is 0 Å². The minimum absolute atomic E-state index is 0.230. The highest BCUT2D eigenvalue weighted by molar-refractivity contribution is 5.65. The summed E-state index contributed by atoms with van der Waals surface area (Å²) in [5, 5.41) is 8.99. The van der Waals surface area contributed by atoms with Crippen LogP contribution in [0.2, 0.25) is 0 Å². The third-order valence-corrected chi connectivity index (χ3v) is 3.71. The lowest BCUT2D eigenvalue weighted by Gasteiger charge is -2.32. The Kier molecular flexibility index (Phi) is 5.49. The van der Waals surface area contributed by atoms with E-state index in [2.05, 4.69) is 16.7 Å². The number of nitrogens with zero attached hydrogens (tertiary/aromatic N) is 2. The van der Waals surface area contributed by atoms with Crippen molar-refractivity contribution in [1.29, 1.82) is 0 Å². The summed E-state index contributed by atoms with van der Waals surface area (Å²) in [5.74, 6) is 0.888. The fourth-order valence-corrected chi connectivity index (χ4v) is 2.58. The van der Waals surface area contributed by atoms with E-state index in [1.54, 1.807) is 0 Å². The molecule has 0 aliphatic carbocycles. The Morgan fingerprint density at radius 3 is 3.00 bits per heavy atom. The molecule has 1 aliphatic heterocycles.